The minimum Gasteiger partial charge on any atom is -0.756 e. The fraction of sp³-hybridized carbons (Fsp3) is 0.882. The third-order valence-electron chi connectivity index (χ3n) is 17.3. The second-order valence-electron chi connectivity index (χ2n) is 25.9. The molecule has 2 fully saturated rings. The fourth-order valence-electron chi connectivity index (χ4n) is 11.3. The first-order chi connectivity index (χ1) is 47.2. The smallest absolute Gasteiger partial charge is 0.756 e. The number of nitrogens with one attached hydrogen (secondary N) is 2. The van der Waals surface area contributed by atoms with E-state index in [0.717, 1.165) is 62.9 Å². The predicted molar refractivity (Wildman–Crippen MR) is 382 cm³/mol. The molecule has 31 heteroatoms. The quantitative estimate of drug-likeness (QED) is 0.0203. The van der Waals surface area contributed by atoms with Gasteiger partial charge in [-0.05, 0) is 37.2 Å². The van der Waals surface area contributed by atoms with Crippen LogP contribution in [0.15, 0.2) is 31.6 Å². The van der Waals surface area contributed by atoms with Gasteiger partial charge in [-0.3, -0.25) is 37.8 Å². The van der Waals surface area contributed by atoms with Crippen LogP contribution in [0.5, 0.6) is 0 Å². The largest absolute Gasteiger partial charge is 2.00 e. The number of aliphatic hydroxyl groups excluding tert-OH is 4. The Morgan fingerprint density at radius 2 is 0.727 bits per heavy atom. The molecule has 24 nitrogen and oxygen atoms in total. The average molecular weight is 1520 g/mol. The summed E-state index contributed by atoms with van der Waals surface area (Å²) in [4.78, 5) is 75.6. The normalized spacial score (nSPS) is 21.1. The van der Waals surface area contributed by atoms with Crippen molar-refractivity contribution in [2.24, 2.45) is 0 Å². The summed E-state index contributed by atoms with van der Waals surface area (Å²) in [6, 6.07) is 0. The number of aromatic amines is 2. The van der Waals surface area contributed by atoms with Gasteiger partial charge in [0, 0.05) is 24.7 Å². The third-order valence-corrected chi connectivity index (χ3v) is 21.5. The Bertz CT molecular complexity index is 2530. The number of unbranched alkanes of at least 4 members (excludes halogenated alkanes) is 32. The molecule has 0 radical (unpaired) electrons. The molecule has 2 aromatic rings. The van der Waals surface area contributed by atoms with Crippen molar-refractivity contribution in [1.82, 2.24) is 19.1 Å². The average Bonchev–Trinajstić information content (AvgIpc) is 1.67. The summed E-state index contributed by atoms with van der Waals surface area (Å²) < 4.78 is 97.1. The molecular formula is C68H122CaF2N4O20P2S2. The van der Waals surface area contributed by atoms with E-state index in [1.807, 2.05) is 0 Å². The van der Waals surface area contributed by atoms with Gasteiger partial charge in [-0.1, -0.05) is 233 Å². The van der Waals surface area contributed by atoms with Crippen LogP contribution in [0.2, 0.25) is 0 Å². The zero-order chi connectivity index (χ0) is 71.8. The number of H-pyrrole nitrogens is 2. The van der Waals surface area contributed by atoms with Crippen LogP contribution in [-0.2, 0) is 46.2 Å². The van der Waals surface area contributed by atoms with Crippen LogP contribution >= 0.6 is 39.2 Å². The van der Waals surface area contributed by atoms with Gasteiger partial charge in [-0.25, -0.2) is 9.59 Å². The molecule has 4 heterocycles. The Morgan fingerprint density at radius 1 is 0.455 bits per heavy atom. The van der Waals surface area contributed by atoms with Crippen molar-refractivity contribution in [3.8, 4) is 0 Å². The van der Waals surface area contributed by atoms with E-state index in [-0.39, 0.29) is 51.0 Å². The standard InChI is InChI=1S/2C34H62FN2O10PS.Ca/c2*1-3-5-7-9-11-13-14-16-18-20-22-49-26-27(44-21-19-17-15-12-10-8-6-4-2)24-45-48(42,43)46-25-29-30(38)31(39)33(47-29)37-23-28(35)32(40)36-34(37)41;/h2*23,27,29-31,33,38-39H,3-22,24-26H2,1-2H3,(H,42,43)(H,36,40,41);/q;;+2/p-2/t2*27?,29-,30-,31-,33-;/m11./s1. The van der Waals surface area contributed by atoms with Gasteiger partial charge in [0.2, 0.25) is 11.6 Å². The molecule has 2 saturated heterocycles. The van der Waals surface area contributed by atoms with E-state index in [9.17, 15) is 67.3 Å². The van der Waals surface area contributed by atoms with E-state index in [1.165, 1.54) is 180 Å². The maximum atomic E-state index is 13.8. The van der Waals surface area contributed by atoms with Crippen LogP contribution in [-0.4, -0.2) is 189 Å². The van der Waals surface area contributed by atoms with Gasteiger partial charge in [-0.15, -0.1) is 0 Å². The Labute approximate surface area is 625 Å². The topological polar surface area (TPSA) is 345 Å². The number of halogens is 2. The van der Waals surface area contributed by atoms with Crippen LogP contribution in [0.25, 0.3) is 0 Å². The van der Waals surface area contributed by atoms with Crippen molar-refractivity contribution in [2.45, 2.75) is 320 Å². The molecule has 12 atom stereocenters. The van der Waals surface area contributed by atoms with Crippen LogP contribution in [0, 0.1) is 11.6 Å². The summed E-state index contributed by atoms with van der Waals surface area (Å²) in [7, 11) is -9.76. The molecule has 2 aromatic heterocycles. The van der Waals surface area contributed by atoms with Crippen molar-refractivity contribution in [3.05, 3.63) is 65.7 Å². The molecule has 6 N–H and O–H groups in total. The Balaban J connectivity index is 0.000000667. The first-order valence-electron chi connectivity index (χ1n) is 36.8. The maximum absolute atomic E-state index is 13.8. The molecule has 0 saturated carbocycles. The predicted octanol–water partition coefficient (Wildman–Crippen LogP) is 11.6. The molecule has 0 amide bonds. The molecule has 2 aliphatic heterocycles. The monoisotopic (exact) mass is 1520 g/mol. The molecule has 2 aliphatic rings. The summed E-state index contributed by atoms with van der Waals surface area (Å²) in [6.07, 6.45) is 31.1. The number of thioether (sulfide) groups is 2. The van der Waals surface area contributed by atoms with Crippen LogP contribution < -0.4 is 32.3 Å². The van der Waals surface area contributed by atoms with Crippen LogP contribution in [0.3, 0.4) is 0 Å². The summed E-state index contributed by atoms with van der Waals surface area (Å²) in [5.41, 5.74) is -4.66. The number of phosphoric acid groups is 2. The zero-order valence-electron chi connectivity index (χ0n) is 59.8. The van der Waals surface area contributed by atoms with Crippen molar-refractivity contribution in [3.63, 3.8) is 0 Å². The van der Waals surface area contributed by atoms with Gasteiger partial charge in [0.15, 0.2) is 12.5 Å². The minimum atomic E-state index is -4.88. The number of hydrogen-bond acceptors (Lipinski definition) is 22. The molecule has 0 aliphatic carbocycles. The molecule has 0 aromatic carbocycles. The van der Waals surface area contributed by atoms with Crippen LogP contribution in [0.4, 0.5) is 8.78 Å². The summed E-state index contributed by atoms with van der Waals surface area (Å²) in [5, 5.41) is 41.5. The maximum Gasteiger partial charge on any atom is 2.00 e. The molecule has 0 bridgehead atoms. The van der Waals surface area contributed by atoms with Gasteiger partial charge in [-0.2, -0.15) is 32.3 Å². The van der Waals surface area contributed by atoms with E-state index in [2.05, 4.69) is 27.7 Å². The van der Waals surface area contributed by atoms with E-state index in [4.69, 9.17) is 37.0 Å². The zero-order valence-corrected chi connectivity index (χ0v) is 65.5. The van der Waals surface area contributed by atoms with Gasteiger partial charge < -0.3 is 67.3 Å². The van der Waals surface area contributed by atoms with Crippen molar-refractivity contribution >= 4 is 76.9 Å². The summed E-state index contributed by atoms with van der Waals surface area (Å²) in [6.45, 7) is 7.92. The minimum absolute atomic E-state index is 0. The molecule has 4 rings (SSSR count). The number of ether oxygens (including phenoxy) is 4. The van der Waals surface area contributed by atoms with Crippen molar-refractivity contribution < 1.29 is 85.2 Å². The number of rotatable bonds is 60. The number of hydrogen-bond donors (Lipinski definition) is 6. The Hall–Kier alpha value is -0.920. The van der Waals surface area contributed by atoms with Gasteiger partial charge in [0.1, 0.15) is 36.6 Å². The fourth-order valence-corrected chi connectivity index (χ4v) is 14.9. The molecule has 572 valence electrons. The number of phosphoric ester groups is 2. The molecule has 0 spiro atoms. The summed E-state index contributed by atoms with van der Waals surface area (Å²) >= 11 is 3.42. The van der Waals surface area contributed by atoms with Crippen molar-refractivity contribution in [2.75, 3.05) is 62.7 Å². The number of aliphatic hydroxyl groups is 4. The number of nitrogens with zero attached hydrogens (tertiary/aromatic N) is 2. The first kappa shape index (κ1) is 94.2. The van der Waals surface area contributed by atoms with Gasteiger partial charge in [0.05, 0.1) is 51.0 Å². The van der Waals surface area contributed by atoms with E-state index < -0.39 is 124 Å². The Morgan fingerprint density at radius 3 is 1.02 bits per heavy atom. The van der Waals surface area contributed by atoms with E-state index in [0.29, 0.717) is 46.2 Å². The van der Waals surface area contributed by atoms with E-state index >= 15 is 0 Å². The first-order valence-corrected chi connectivity index (χ1v) is 42.1. The second kappa shape index (κ2) is 57.3. The summed E-state index contributed by atoms with van der Waals surface area (Å²) in [5.74, 6) is 0.421. The molecule has 99 heavy (non-hydrogen) atoms. The number of aromatic nitrogens is 4. The second-order valence-corrected chi connectivity index (χ2v) is 31.0. The van der Waals surface area contributed by atoms with E-state index in [1.54, 1.807) is 33.5 Å². The van der Waals surface area contributed by atoms with Gasteiger partial charge in [0.25, 0.3) is 26.8 Å². The SMILES string of the molecule is CCCCCCCCCCCCSCC(COP(=O)([O-])OC[C@H]1O[C@@H](n2cc(F)c(=O)[nH]c2=O)[C@H](O)[C@@H]1O)OCCCCCCCCCC.CCCCCCCCCCCCSCC(COP(=O)([O-])OC[C@H]1O[C@@H](n2cc(F)c(=O)[nH]c2=O)[C@H](O)[C@@H]1O)OCCCCCCCCCC.[Ca+2]. The molecule has 4 unspecified atom stereocenters. The van der Waals surface area contributed by atoms with Gasteiger partial charge >= 0.3 is 49.1 Å². The van der Waals surface area contributed by atoms with Crippen molar-refractivity contribution in [1.29, 1.82) is 0 Å². The van der Waals surface area contributed by atoms with Crippen LogP contribution in [0.1, 0.15) is 271 Å². The Kier molecular flexibility index (Phi) is 54.5. The third kappa shape index (κ3) is 41.7. The molecular weight excluding hydrogens is 1400 g/mol.